The van der Waals surface area contributed by atoms with Gasteiger partial charge in [-0.1, -0.05) is 6.92 Å². The van der Waals surface area contributed by atoms with Gasteiger partial charge >= 0.3 is 0 Å². The summed E-state index contributed by atoms with van der Waals surface area (Å²) in [4.78, 5) is 2.27. The van der Waals surface area contributed by atoms with Gasteiger partial charge in [0, 0.05) is 29.8 Å². The maximum absolute atomic E-state index is 13.5. The van der Waals surface area contributed by atoms with Gasteiger partial charge in [-0.25, -0.2) is 4.39 Å². The molecule has 1 saturated heterocycles. The molecule has 0 aromatic heterocycles. The summed E-state index contributed by atoms with van der Waals surface area (Å²) >= 11 is 1.98. The number of benzene rings is 1. The van der Waals surface area contributed by atoms with Crippen molar-refractivity contribution in [3.63, 3.8) is 0 Å². The van der Waals surface area contributed by atoms with E-state index in [2.05, 4.69) is 17.9 Å². The molecule has 1 fully saturated rings. The lowest BCUT2D eigenvalue weighted by Crippen LogP contribution is -2.36. The summed E-state index contributed by atoms with van der Waals surface area (Å²) in [5, 5.41) is 0.616. The van der Waals surface area contributed by atoms with Gasteiger partial charge in [0.2, 0.25) is 0 Å². The van der Waals surface area contributed by atoms with Gasteiger partial charge in [-0.3, -0.25) is 0 Å². The Morgan fingerprint density at radius 2 is 2.29 bits per heavy atom. The molecule has 0 spiro atoms. The van der Waals surface area contributed by atoms with E-state index in [0.29, 0.717) is 11.8 Å². The van der Waals surface area contributed by atoms with E-state index >= 15 is 0 Å². The van der Waals surface area contributed by atoms with Gasteiger partial charge in [0.05, 0.1) is 0 Å². The summed E-state index contributed by atoms with van der Waals surface area (Å²) in [6.45, 7) is 4.78. The van der Waals surface area contributed by atoms with Crippen molar-refractivity contribution in [2.45, 2.75) is 18.6 Å². The van der Waals surface area contributed by atoms with Gasteiger partial charge in [0.1, 0.15) is 5.82 Å². The van der Waals surface area contributed by atoms with E-state index in [1.807, 2.05) is 11.8 Å². The molecular weight excluding hydrogens is 235 g/mol. The van der Waals surface area contributed by atoms with Crippen LogP contribution in [0, 0.1) is 5.82 Å². The van der Waals surface area contributed by atoms with Crippen LogP contribution in [0.1, 0.15) is 12.5 Å². The first-order valence-corrected chi connectivity index (χ1v) is 7.10. The van der Waals surface area contributed by atoms with Crippen LogP contribution in [0.5, 0.6) is 0 Å². The van der Waals surface area contributed by atoms with Crippen LogP contribution in [-0.2, 0) is 6.42 Å². The molecule has 1 aliphatic rings. The molecule has 94 valence electrons. The average molecular weight is 254 g/mol. The minimum absolute atomic E-state index is 0.156. The van der Waals surface area contributed by atoms with Crippen molar-refractivity contribution in [2.75, 3.05) is 30.3 Å². The van der Waals surface area contributed by atoms with Crippen LogP contribution in [0.3, 0.4) is 0 Å². The second-order valence-electron chi connectivity index (χ2n) is 4.48. The fourth-order valence-corrected chi connectivity index (χ4v) is 3.19. The Kier molecular flexibility index (Phi) is 4.29. The molecule has 0 bridgehead atoms. The number of anilines is 1. The number of rotatable bonds is 3. The lowest BCUT2D eigenvalue weighted by molar-refractivity contribution is 0.623. The van der Waals surface area contributed by atoms with Crippen LogP contribution in [0.15, 0.2) is 18.2 Å². The largest absolute Gasteiger partial charge is 0.370 e. The first kappa shape index (κ1) is 12.7. The van der Waals surface area contributed by atoms with E-state index in [0.717, 1.165) is 36.5 Å². The molecule has 1 aliphatic heterocycles. The van der Waals surface area contributed by atoms with Crippen LogP contribution in [0.25, 0.3) is 0 Å². The Labute approximate surface area is 106 Å². The Morgan fingerprint density at radius 1 is 1.47 bits per heavy atom. The third kappa shape index (κ3) is 3.36. The molecule has 0 aliphatic carbocycles. The summed E-state index contributed by atoms with van der Waals surface area (Å²) < 4.78 is 13.5. The highest BCUT2D eigenvalue weighted by Gasteiger charge is 2.17. The van der Waals surface area contributed by atoms with Crippen molar-refractivity contribution in [3.8, 4) is 0 Å². The van der Waals surface area contributed by atoms with Crippen LogP contribution >= 0.6 is 11.8 Å². The van der Waals surface area contributed by atoms with Gasteiger partial charge in [-0.05, 0) is 36.7 Å². The molecule has 2 nitrogen and oxygen atoms in total. The van der Waals surface area contributed by atoms with Crippen molar-refractivity contribution >= 4 is 17.4 Å². The predicted molar refractivity (Wildman–Crippen MR) is 73.3 cm³/mol. The molecule has 0 radical (unpaired) electrons. The Morgan fingerprint density at radius 3 is 3.00 bits per heavy atom. The number of hydrogen-bond donors (Lipinski definition) is 1. The zero-order chi connectivity index (χ0) is 12.3. The third-order valence-corrected chi connectivity index (χ3v) is 4.12. The fraction of sp³-hybridized carbons (Fsp3) is 0.538. The van der Waals surface area contributed by atoms with Crippen molar-refractivity contribution in [1.29, 1.82) is 0 Å². The molecule has 1 atom stereocenters. The number of nitrogens with zero attached hydrogens (tertiary/aromatic N) is 1. The van der Waals surface area contributed by atoms with Crippen LogP contribution < -0.4 is 10.6 Å². The molecule has 1 unspecified atom stereocenters. The van der Waals surface area contributed by atoms with Crippen LogP contribution in [-0.4, -0.2) is 30.6 Å². The highest BCUT2D eigenvalue weighted by atomic mass is 32.2. The van der Waals surface area contributed by atoms with Crippen LogP contribution in [0.2, 0.25) is 0 Å². The lowest BCUT2D eigenvalue weighted by Gasteiger charge is -2.32. The average Bonchev–Trinajstić information content (AvgIpc) is 2.28. The smallest absolute Gasteiger partial charge is 0.125 e. The number of nitrogens with two attached hydrogens (primary N) is 1. The normalized spacial score (nSPS) is 20.6. The van der Waals surface area contributed by atoms with Gasteiger partial charge in [-0.15, -0.1) is 0 Å². The number of halogens is 1. The minimum atomic E-state index is -0.156. The van der Waals surface area contributed by atoms with E-state index in [9.17, 15) is 4.39 Å². The Hall–Kier alpha value is -0.740. The van der Waals surface area contributed by atoms with Crippen molar-refractivity contribution in [2.24, 2.45) is 5.73 Å². The first-order chi connectivity index (χ1) is 8.19. The van der Waals surface area contributed by atoms with E-state index < -0.39 is 0 Å². The predicted octanol–water partition coefficient (Wildman–Crippen LogP) is 2.27. The van der Waals surface area contributed by atoms with Crippen molar-refractivity contribution in [3.05, 3.63) is 29.6 Å². The number of thioether (sulfide) groups is 1. The standard InChI is InChI=1S/C13H19FN2S/c1-10-9-16(4-5-17-10)13-7-11(2-3-15)6-12(14)8-13/h6-8,10H,2-5,9,15H2,1H3. The van der Waals surface area contributed by atoms with E-state index in [4.69, 9.17) is 5.73 Å². The SMILES string of the molecule is CC1CN(c2cc(F)cc(CCN)c2)CCS1. The Balaban J connectivity index is 2.18. The summed E-state index contributed by atoms with van der Waals surface area (Å²) in [6.07, 6.45) is 0.739. The third-order valence-electron chi connectivity index (χ3n) is 2.98. The van der Waals surface area contributed by atoms with Gasteiger partial charge in [-0.2, -0.15) is 11.8 Å². The second-order valence-corrected chi connectivity index (χ2v) is 6.03. The molecule has 1 heterocycles. The second kappa shape index (κ2) is 5.74. The number of hydrogen-bond acceptors (Lipinski definition) is 3. The fourth-order valence-electron chi connectivity index (χ4n) is 2.18. The van der Waals surface area contributed by atoms with Gasteiger partial charge in [0.25, 0.3) is 0 Å². The maximum Gasteiger partial charge on any atom is 0.125 e. The molecular formula is C13H19FN2S. The van der Waals surface area contributed by atoms with Gasteiger partial charge in [0.15, 0.2) is 0 Å². The molecule has 0 saturated carbocycles. The lowest BCUT2D eigenvalue weighted by atomic mass is 10.1. The van der Waals surface area contributed by atoms with E-state index in [1.165, 1.54) is 0 Å². The summed E-state index contributed by atoms with van der Waals surface area (Å²) in [5.41, 5.74) is 7.52. The summed E-state index contributed by atoms with van der Waals surface area (Å²) in [7, 11) is 0. The minimum Gasteiger partial charge on any atom is -0.370 e. The highest BCUT2D eigenvalue weighted by Crippen LogP contribution is 2.25. The van der Waals surface area contributed by atoms with Gasteiger partial charge < -0.3 is 10.6 Å². The summed E-state index contributed by atoms with van der Waals surface area (Å²) in [5.74, 6) is 0.959. The molecule has 0 amide bonds. The molecule has 4 heteroatoms. The van der Waals surface area contributed by atoms with Crippen molar-refractivity contribution < 1.29 is 4.39 Å². The molecule has 1 aromatic rings. The molecule has 17 heavy (non-hydrogen) atoms. The molecule has 2 rings (SSSR count). The highest BCUT2D eigenvalue weighted by molar-refractivity contribution is 8.00. The topological polar surface area (TPSA) is 29.3 Å². The van der Waals surface area contributed by atoms with E-state index in [-0.39, 0.29) is 5.82 Å². The van der Waals surface area contributed by atoms with Crippen LogP contribution in [0.4, 0.5) is 10.1 Å². The zero-order valence-corrected chi connectivity index (χ0v) is 11.0. The van der Waals surface area contributed by atoms with E-state index in [1.54, 1.807) is 12.1 Å². The van der Waals surface area contributed by atoms with Crippen molar-refractivity contribution in [1.82, 2.24) is 0 Å². The zero-order valence-electron chi connectivity index (χ0n) is 10.2. The molecule has 2 N–H and O–H groups in total. The maximum atomic E-state index is 13.5. The monoisotopic (exact) mass is 254 g/mol. The summed E-state index contributed by atoms with van der Waals surface area (Å²) in [6, 6.07) is 5.28. The first-order valence-electron chi connectivity index (χ1n) is 6.05. The quantitative estimate of drug-likeness (QED) is 0.897. The molecule has 1 aromatic carbocycles. The Bertz CT molecular complexity index is 384.